The highest BCUT2D eigenvalue weighted by Gasteiger charge is 2.16. The van der Waals surface area contributed by atoms with Gasteiger partial charge in [-0.3, -0.25) is 4.98 Å². The third-order valence-corrected chi connectivity index (χ3v) is 4.26. The van der Waals surface area contributed by atoms with E-state index in [-0.39, 0.29) is 0 Å². The Hall–Kier alpha value is -1.63. The molecule has 0 spiro atoms. The third-order valence-electron chi connectivity index (χ3n) is 4.26. The second-order valence-electron chi connectivity index (χ2n) is 5.58. The molecule has 0 N–H and O–H groups in total. The maximum Gasteiger partial charge on any atom is 0.0736 e. The maximum atomic E-state index is 4.65. The smallest absolute Gasteiger partial charge is 0.0736 e. The van der Waals surface area contributed by atoms with E-state index in [4.69, 9.17) is 0 Å². The van der Waals surface area contributed by atoms with Crippen LogP contribution in [0.4, 0.5) is 0 Å². The molecule has 0 saturated carbocycles. The van der Waals surface area contributed by atoms with E-state index in [0.717, 1.165) is 5.69 Å². The van der Waals surface area contributed by atoms with Crippen molar-refractivity contribution < 1.29 is 0 Å². The molecule has 0 bridgehead atoms. The van der Waals surface area contributed by atoms with Crippen LogP contribution < -0.4 is 0 Å². The minimum Gasteiger partial charge on any atom is -0.256 e. The molecule has 0 amide bonds. The second-order valence-corrected chi connectivity index (χ2v) is 5.58. The summed E-state index contributed by atoms with van der Waals surface area (Å²) >= 11 is 0. The zero-order chi connectivity index (χ0) is 14.5. The molecule has 1 heterocycles. The van der Waals surface area contributed by atoms with Gasteiger partial charge in [0.05, 0.1) is 5.69 Å². The zero-order valence-corrected chi connectivity index (χ0v) is 13.1. The van der Waals surface area contributed by atoms with Gasteiger partial charge in [0, 0.05) is 11.8 Å². The molecule has 0 fully saturated rings. The molecular formula is C19H25N. The van der Waals surface area contributed by atoms with Gasteiger partial charge in [0.15, 0.2) is 0 Å². The lowest BCUT2D eigenvalue weighted by Gasteiger charge is -2.19. The topological polar surface area (TPSA) is 12.9 Å². The van der Waals surface area contributed by atoms with Crippen molar-refractivity contribution in [3.05, 3.63) is 53.2 Å². The first-order valence-electron chi connectivity index (χ1n) is 7.70. The molecule has 0 aliphatic rings. The predicted molar refractivity (Wildman–Crippen MR) is 87.1 cm³/mol. The highest BCUT2D eigenvalue weighted by Crippen LogP contribution is 2.34. The van der Waals surface area contributed by atoms with Gasteiger partial charge in [0.2, 0.25) is 0 Å². The van der Waals surface area contributed by atoms with Crippen molar-refractivity contribution in [2.75, 3.05) is 0 Å². The van der Waals surface area contributed by atoms with Crippen LogP contribution in [0, 0.1) is 13.8 Å². The van der Waals surface area contributed by atoms with Crippen LogP contribution in [0.1, 0.15) is 55.7 Å². The van der Waals surface area contributed by atoms with Crippen molar-refractivity contribution in [2.24, 2.45) is 0 Å². The maximum absolute atomic E-state index is 4.65. The molecule has 0 saturated heterocycles. The van der Waals surface area contributed by atoms with Crippen molar-refractivity contribution in [1.82, 2.24) is 4.98 Å². The summed E-state index contributed by atoms with van der Waals surface area (Å²) in [5, 5.41) is 0. The first-order valence-corrected chi connectivity index (χ1v) is 7.70. The molecule has 0 aliphatic heterocycles. The van der Waals surface area contributed by atoms with Gasteiger partial charge in [-0.25, -0.2) is 0 Å². The summed E-state index contributed by atoms with van der Waals surface area (Å²) in [6.45, 7) is 8.89. The lowest BCUT2D eigenvalue weighted by Crippen LogP contribution is -2.01. The Labute approximate surface area is 123 Å². The molecule has 20 heavy (non-hydrogen) atoms. The highest BCUT2D eigenvalue weighted by atomic mass is 14.7. The van der Waals surface area contributed by atoms with Gasteiger partial charge in [0.25, 0.3) is 0 Å². The average Bonchev–Trinajstić information content (AvgIpc) is 2.48. The Morgan fingerprint density at radius 2 is 1.80 bits per heavy atom. The zero-order valence-electron chi connectivity index (χ0n) is 13.1. The standard InChI is InChI=1S/C19H25N/c1-5-9-16(6-2)17-10-7-8-11-18(17)19-15(4)14(3)12-13-20-19/h7-8,10-13,16H,5-6,9H2,1-4H3. The molecule has 2 aromatic rings. The number of aromatic nitrogens is 1. The van der Waals surface area contributed by atoms with E-state index >= 15 is 0 Å². The van der Waals surface area contributed by atoms with Crippen molar-refractivity contribution in [1.29, 1.82) is 0 Å². The summed E-state index contributed by atoms with van der Waals surface area (Å²) in [5.41, 5.74) is 6.53. The van der Waals surface area contributed by atoms with Gasteiger partial charge in [-0.1, -0.05) is 44.5 Å². The fourth-order valence-corrected chi connectivity index (χ4v) is 2.90. The largest absolute Gasteiger partial charge is 0.256 e. The second kappa shape index (κ2) is 6.69. The molecular weight excluding hydrogens is 242 g/mol. The van der Waals surface area contributed by atoms with E-state index in [9.17, 15) is 0 Å². The summed E-state index contributed by atoms with van der Waals surface area (Å²) in [6.07, 6.45) is 5.59. The molecule has 0 radical (unpaired) electrons. The Morgan fingerprint density at radius 3 is 2.50 bits per heavy atom. The van der Waals surface area contributed by atoms with Crippen molar-refractivity contribution in [3.8, 4) is 11.3 Å². The molecule has 1 atom stereocenters. The number of hydrogen-bond donors (Lipinski definition) is 0. The van der Waals surface area contributed by atoms with Gasteiger partial charge in [0.1, 0.15) is 0 Å². The van der Waals surface area contributed by atoms with Crippen LogP contribution in [0.2, 0.25) is 0 Å². The van der Waals surface area contributed by atoms with Crippen molar-refractivity contribution >= 4 is 0 Å². The van der Waals surface area contributed by atoms with Gasteiger partial charge in [-0.2, -0.15) is 0 Å². The van der Waals surface area contributed by atoms with Crippen molar-refractivity contribution in [3.63, 3.8) is 0 Å². The van der Waals surface area contributed by atoms with E-state index in [1.807, 2.05) is 6.20 Å². The van der Waals surface area contributed by atoms with E-state index in [2.05, 4.69) is 63.0 Å². The summed E-state index contributed by atoms with van der Waals surface area (Å²) in [6, 6.07) is 10.9. The first kappa shape index (κ1) is 14.8. The van der Waals surface area contributed by atoms with Crippen molar-refractivity contribution in [2.45, 2.75) is 52.9 Å². The molecule has 1 nitrogen and oxygen atoms in total. The number of pyridine rings is 1. The van der Waals surface area contributed by atoms with E-state index in [1.165, 1.54) is 41.5 Å². The molecule has 106 valence electrons. The van der Waals surface area contributed by atoms with Crippen LogP contribution in [0.5, 0.6) is 0 Å². The molecule has 0 aliphatic carbocycles. The van der Waals surface area contributed by atoms with Gasteiger partial charge in [-0.15, -0.1) is 0 Å². The van der Waals surface area contributed by atoms with E-state index < -0.39 is 0 Å². The molecule has 1 heteroatoms. The van der Waals surface area contributed by atoms with Crippen LogP contribution in [-0.2, 0) is 0 Å². The van der Waals surface area contributed by atoms with Crippen LogP contribution in [-0.4, -0.2) is 4.98 Å². The fraction of sp³-hybridized carbons (Fsp3) is 0.421. The van der Waals surface area contributed by atoms with E-state index in [0.29, 0.717) is 5.92 Å². The quantitative estimate of drug-likeness (QED) is 0.681. The lowest BCUT2D eigenvalue weighted by atomic mass is 9.86. The molecule has 1 unspecified atom stereocenters. The monoisotopic (exact) mass is 267 g/mol. The van der Waals surface area contributed by atoms with Gasteiger partial charge < -0.3 is 0 Å². The first-order chi connectivity index (χ1) is 9.69. The summed E-state index contributed by atoms with van der Waals surface area (Å²) in [7, 11) is 0. The normalized spacial score (nSPS) is 12.4. The minimum absolute atomic E-state index is 0.637. The Kier molecular flexibility index (Phi) is 4.94. The molecule has 1 aromatic carbocycles. The number of benzene rings is 1. The van der Waals surface area contributed by atoms with Crippen LogP contribution >= 0.6 is 0 Å². The van der Waals surface area contributed by atoms with Crippen LogP contribution in [0.3, 0.4) is 0 Å². The van der Waals surface area contributed by atoms with Crippen LogP contribution in [0.25, 0.3) is 11.3 Å². The summed E-state index contributed by atoms with van der Waals surface area (Å²) in [5.74, 6) is 0.637. The predicted octanol–water partition coefficient (Wildman–Crippen LogP) is 5.66. The van der Waals surface area contributed by atoms with Gasteiger partial charge in [-0.05, 0) is 55.4 Å². The number of hydrogen-bond acceptors (Lipinski definition) is 1. The van der Waals surface area contributed by atoms with E-state index in [1.54, 1.807) is 0 Å². The van der Waals surface area contributed by atoms with Gasteiger partial charge >= 0.3 is 0 Å². The Bertz CT molecular complexity index is 572. The SMILES string of the molecule is CCCC(CC)c1ccccc1-c1nccc(C)c1C. The molecule has 1 aromatic heterocycles. The molecule has 2 rings (SSSR count). The number of nitrogens with zero attached hydrogens (tertiary/aromatic N) is 1. The van der Waals surface area contributed by atoms with Crippen LogP contribution in [0.15, 0.2) is 36.5 Å². The number of aryl methyl sites for hydroxylation is 1. The fourth-order valence-electron chi connectivity index (χ4n) is 2.90. The Balaban J connectivity index is 2.54. The lowest BCUT2D eigenvalue weighted by molar-refractivity contribution is 0.597. The summed E-state index contributed by atoms with van der Waals surface area (Å²) < 4.78 is 0. The minimum atomic E-state index is 0.637. The average molecular weight is 267 g/mol. The summed E-state index contributed by atoms with van der Waals surface area (Å²) in [4.78, 5) is 4.65. The Morgan fingerprint density at radius 1 is 1.05 bits per heavy atom. The third kappa shape index (κ3) is 2.92. The number of rotatable bonds is 5. The highest BCUT2D eigenvalue weighted by molar-refractivity contribution is 5.68.